The monoisotopic (exact) mass is 273 g/mol. The average Bonchev–Trinajstić information content (AvgIpc) is 2.82. The Morgan fingerprint density at radius 2 is 2.10 bits per heavy atom. The van der Waals surface area contributed by atoms with Crippen molar-refractivity contribution < 1.29 is 4.74 Å². The lowest BCUT2D eigenvalue weighted by Crippen LogP contribution is -2.21. The van der Waals surface area contributed by atoms with Crippen LogP contribution in [0.5, 0.6) is 5.75 Å². The van der Waals surface area contributed by atoms with E-state index in [4.69, 9.17) is 4.74 Å². The van der Waals surface area contributed by atoms with Crippen molar-refractivity contribution in [2.24, 2.45) is 0 Å². The first-order valence-corrected chi connectivity index (χ1v) is 7.14. The maximum absolute atomic E-state index is 5.59. The lowest BCUT2D eigenvalue weighted by molar-refractivity contribution is 0.339. The molecule has 0 saturated heterocycles. The van der Waals surface area contributed by atoms with Gasteiger partial charge in [0, 0.05) is 6.54 Å². The van der Waals surface area contributed by atoms with Crippen molar-refractivity contribution in [3.63, 3.8) is 0 Å². The van der Waals surface area contributed by atoms with E-state index in [1.165, 1.54) is 11.3 Å². The van der Waals surface area contributed by atoms with E-state index >= 15 is 0 Å². The van der Waals surface area contributed by atoms with E-state index in [2.05, 4.69) is 35.5 Å². The highest BCUT2D eigenvalue weighted by Gasteiger charge is 2.17. The number of nitrogens with one attached hydrogen (secondary N) is 1. The Morgan fingerprint density at radius 3 is 2.75 bits per heavy atom. The van der Waals surface area contributed by atoms with Gasteiger partial charge in [-0.2, -0.15) is 5.10 Å². The number of hydrogen-bond donors (Lipinski definition) is 1. The molecule has 2 aromatic rings. The zero-order chi connectivity index (χ0) is 14.5. The van der Waals surface area contributed by atoms with Gasteiger partial charge in [0.1, 0.15) is 5.75 Å². The molecule has 0 aliphatic heterocycles. The van der Waals surface area contributed by atoms with Gasteiger partial charge in [0.05, 0.1) is 24.0 Å². The molecule has 0 radical (unpaired) electrons. The van der Waals surface area contributed by atoms with Gasteiger partial charge in [0.15, 0.2) is 0 Å². The molecule has 108 valence electrons. The predicted molar refractivity (Wildman–Crippen MR) is 81.2 cm³/mol. The van der Waals surface area contributed by atoms with Crippen molar-refractivity contribution in [3.8, 4) is 5.75 Å². The highest BCUT2D eigenvalue weighted by atomic mass is 16.5. The molecule has 1 heterocycles. The maximum Gasteiger partial charge on any atom is 0.119 e. The number of hydrogen-bond acceptors (Lipinski definition) is 3. The van der Waals surface area contributed by atoms with Gasteiger partial charge < -0.3 is 10.1 Å². The van der Waals surface area contributed by atoms with Crippen LogP contribution in [0.1, 0.15) is 36.8 Å². The lowest BCUT2D eigenvalue weighted by atomic mass is 10.0. The summed E-state index contributed by atoms with van der Waals surface area (Å²) in [6, 6.07) is 10.5. The largest absolute Gasteiger partial charge is 0.494 e. The van der Waals surface area contributed by atoms with Crippen molar-refractivity contribution in [3.05, 3.63) is 47.3 Å². The molecule has 0 aliphatic rings. The molecule has 0 spiro atoms. The van der Waals surface area contributed by atoms with E-state index < -0.39 is 0 Å². The standard InChI is InChI=1S/C16H23N3O/c1-5-19-15(10-12(3)18-19)16(17-4)13-8-7-9-14(11-13)20-6-2/h7-11,16-17H,5-6H2,1-4H3. The number of nitrogens with zero attached hydrogens (tertiary/aromatic N) is 2. The third kappa shape index (κ3) is 3.02. The van der Waals surface area contributed by atoms with Crippen LogP contribution in [-0.2, 0) is 6.54 Å². The van der Waals surface area contributed by atoms with Gasteiger partial charge in [-0.05, 0) is 51.6 Å². The second-order valence-corrected chi connectivity index (χ2v) is 4.75. The molecule has 1 aromatic heterocycles. The zero-order valence-electron chi connectivity index (χ0n) is 12.7. The summed E-state index contributed by atoms with van der Waals surface area (Å²) in [6.07, 6.45) is 0. The van der Waals surface area contributed by atoms with Gasteiger partial charge in [-0.3, -0.25) is 4.68 Å². The van der Waals surface area contributed by atoms with Crippen LogP contribution < -0.4 is 10.1 Å². The van der Waals surface area contributed by atoms with E-state index in [1.54, 1.807) is 0 Å². The number of ether oxygens (including phenoxy) is 1. The summed E-state index contributed by atoms with van der Waals surface area (Å²) in [5, 5.41) is 7.90. The van der Waals surface area contributed by atoms with Crippen molar-refractivity contribution in [1.82, 2.24) is 15.1 Å². The molecule has 1 unspecified atom stereocenters. The Balaban J connectivity index is 2.38. The normalized spacial score (nSPS) is 12.4. The Kier molecular flexibility index (Phi) is 4.79. The van der Waals surface area contributed by atoms with Gasteiger partial charge in [-0.25, -0.2) is 0 Å². The van der Waals surface area contributed by atoms with Crippen LogP contribution in [0.15, 0.2) is 30.3 Å². The van der Waals surface area contributed by atoms with Crippen LogP contribution in [0, 0.1) is 6.92 Å². The van der Waals surface area contributed by atoms with Crippen LogP contribution >= 0.6 is 0 Å². The van der Waals surface area contributed by atoms with Crippen LogP contribution in [0.4, 0.5) is 0 Å². The highest BCUT2D eigenvalue weighted by molar-refractivity contribution is 5.35. The van der Waals surface area contributed by atoms with Gasteiger partial charge >= 0.3 is 0 Å². The van der Waals surface area contributed by atoms with Crippen molar-refractivity contribution in [2.75, 3.05) is 13.7 Å². The van der Waals surface area contributed by atoms with Gasteiger partial charge in [0.2, 0.25) is 0 Å². The molecule has 1 atom stereocenters. The molecule has 4 heteroatoms. The molecular weight excluding hydrogens is 250 g/mol. The Hall–Kier alpha value is -1.81. The topological polar surface area (TPSA) is 39.1 Å². The van der Waals surface area contributed by atoms with Gasteiger partial charge in [-0.15, -0.1) is 0 Å². The molecule has 0 saturated carbocycles. The van der Waals surface area contributed by atoms with E-state index in [1.807, 2.05) is 37.7 Å². The fraction of sp³-hybridized carbons (Fsp3) is 0.438. The predicted octanol–water partition coefficient (Wildman–Crippen LogP) is 2.92. The summed E-state index contributed by atoms with van der Waals surface area (Å²) in [5.41, 5.74) is 3.41. The summed E-state index contributed by atoms with van der Waals surface area (Å²) < 4.78 is 7.63. The zero-order valence-corrected chi connectivity index (χ0v) is 12.7. The molecule has 1 N–H and O–H groups in total. The summed E-state index contributed by atoms with van der Waals surface area (Å²) in [5.74, 6) is 0.907. The fourth-order valence-corrected chi connectivity index (χ4v) is 2.49. The fourth-order valence-electron chi connectivity index (χ4n) is 2.49. The first-order valence-electron chi connectivity index (χ1n) is 7.14. The average molecular weight is 273 g/mol. The van der Waals surface area contributed by atoms with Crippen LogP contribution in [-0.4, -0.2) is 23.4 Å². The molecular formula is C16H23N3O. The van der Waals surface area contributed by atoms with E-state index in [0.717, 1.165) is 18.0 Å². The van der Waals surface area contributed by atoms with Gasteiger partial charge in [-0.1, -0.05) is 12.1 Å². The third-order valence-electron chi connectivity index (χ3n) is 3.32. The molecule has 1 aromatic carbocycles. The Bertz CT molecular complexity index is 563. The second kappa shape index (κ2) is 6.57. The molecule has 0 aliphatic carbocycles. The van der Waals surface area contributed by atoms with Crippen molar-refractivity contribution in [2.45, 2.75) is 33.4 Å². The lowest BCUT2D eigenvalue weighted by Gasteiger charge is -2.18. The number of aromatic nitrogens is 2. The number of aryl methyl sites for hydroxylation is 2. The van der Waals surface area contributed by atoms with E-state index in [-0.39, 0.29) is 6.04 Å². The molecule has 20 heavy (non-hydrogen) atoms. The van der Waals surface area contributed by atoms with Crippen LogP contribution in [0.25, 0.3) is 0 Å². The minimum atomic E-state index is 0.122. The van der Waals surface area contributed by atoms with Crippen molar-refractivity contribution >= 4 is 0 Å². The van der Waals surface area contributed by atoms with Crippen molar-refractivity contribution in [1.29, 1.82) is 0 Å². The van der Waals surface area contributed by atoms with Crippen LogP contribution in [0.3, 0.4) is 0 Å². The van der Waals surface area contributed by atoms with E-state index in [0.29, 0.717) is 6.61 Å². The SMILES string of the molecule is CCOc1cccc(C(NC)c2cc(C)nn2CC)c1. The smallest absolute Gasteiger partial charge is 0.119 e. The summed E-state index contributed by atoms with van der Waals surface area (Å²) in [6.45, 7) is 7.68. The first-order chi connectivity index (χ1) is 9.69. The minimum Gasteiger partial charge on any atom is -0.494 e. The third-order valence-corrected chi connectivity index (χ3v) is 3.32. The molecule has 0 fully saturated rings. The quantitative estimate of drug-likeness (QED) is 0.879. The van der Waals surface area contributed by atoms with Crippen LogP contribution in [0.2, 0.25) is 0 Å². The van der Waals surface area contributed by atoms with Gasteiger partial charge in [0.25, 0.3) is 0 Å². The molecule has 0 amide bonds. The second-order valence-electron chi connectivity index (χ2n) is 4.75. The minimum absolute atomic E-state index is 0.122. The summed E-state index contributed by atoms with van der Waals surface area (Å²) in [7, 11) is 1.97. The highest BCUT2D eigenvalue weighted by Crippen LogP contribution is 2.25. The number of rotatable bonds is 6. The summed E-state index contributed by atoms with van der Waals surface area (Å²) in [4.78, 5) is 0. The Morgan fingerprint density at radius 1 is 1.30 bits per heavy atom. The Labute approximate surface area is 120 Å². The molecule has 0 bridgehead atoms. The molecule has 4 nitrogen and oxygen atoms in total. The number of benzene rings is 1. The first kappa shape index (κ1) is 14.6. The summed E-state index contributed by atoms with van der Waals surface area (Å²) >= 11 is 0. The maximum atomic E-state index is 5.59. The molecule has 2 rings (SSSR count). The van der Waals surface area contributed by atoms with E-state index in [9.17, 15) is 0 Å².